The number of nitrogens with two attached hydrogens (primary N) is 1. The van der Waals surface area contributed by atoms with E-state index in [2.05, 4.69) is 0 Å². The number of allylic oxidation sites excluding steroid dienone is 3. The fraction of sp³-hybridized carbons (Fsp3) is 0.238. The van der Waals surface area contributed by atoms with Crippen LogP contribution in [0.2, 0.25) is 0 Å². The zero-order chi connectivity index (χ0) is 23.2. The van der Waals surface area contributed by atoms with Gasteiger partial charge in [-0.2, -0.15) is 18.4 Å². The SMILES string of the molecule is N#CC1=C(N)N(c2ccccc2C(F)(F)F)C2=C(C(=O)CCC2)[C@@H]1c1ccc([N+](=O)[O-])s1. The fourth-order valence-corrected chi connectivity index (χ4v) is 5.09. The van der Waals surface area contributed by atoms with E-state index in [1.165, 1.54) is 30.3 Å². The zero-order valence-electron chi connectivity index (χ0n) is 16.3. The lowest BCUT2D eigenvalue weighted by atomic mass is 9.78. The smallest absolute Gasteiger partial charge is 0.384 e. The summed E-state index contributed by atoms with van der Waals surface area (Å²) in [6.45, 7) is 0. The third-order valence-corrected chi connectivity index (χ3v) is 6.54. The minimum Gasteiger partial charge on any atom is -0.384 e. The van der Waals surface area contributed by atoms with Gasteiger partial charge in [-0.1, -0.05) is 23.5 Å². The number of hydrogen-bond donors (Lipinski definition) is 1. The fourth-order valence-electron chi connectivity index (χ4n) is 4.15. The highest BCUT2D eigenvalue weighted by Gasteiger charge is 2.43. The van der Waals surface area contributed by atoms with Gasteiger partial charge in [0.1, 0.15) is 5.82 Å². The molecule has 0 spiro atoms. The van der Waals surface area contributed by atoms with Crippen LogP contribution in [0.25, 0.3) is 0 Å². The predicted octanol–water partition coefficient (Wildman–Crippen LogP) is 4.98. The summed E-state index contributed by atoms with van der Waals surface area (Å²) in [7, 11) is 0. The number of hydrogen-bond acceptors (Lipinski definition) is 7. The molecule has 1 aromatic carbocycles. The summed E-state index contributed by atoms with van der Waals surface area (Å²) in [4.78, 5) is 25.0. The average Bonchev–Trinajstić information content (AvgIpc) is 3.23. The molecule has 7 nitrogen and oxygen atoms in total. The summed E-state index contributed by atoms with van der Waals surface area (Å²) in [6, 6.07) is 9.47. The number of nitrogens with zero attached hydrogens (tertiary/aromatic N) is 3. The van der Waals surface area contributed by atoms with Crippen molar-refractivity contribution in [3.63, 3.8) is 0 Å². The third kappa shape index (κ3) is 3.42. The van der Waals surface area contributed by atoms with Crippen LogP contribution in [0.5, 0.6) is 0 Å². The van der Waals surface area contributed by atoms with Crippen molar-refractivity contribution in [3.8, 4) is 6.07 Å². The van der Waals surface area contributed by atoms with Crippen LogP contribution in [0.15, 0.2) is 59.1 Å². The van der Waals surface area contributed by atoms with Gasteiger partial charge < -0.3 is 5.73 Å². The Bertz CT molecular complexity index is 1240. The first-order valence-electron chi connectivity index (χ1n) is 9.51. The molecule has 1 atom stereocenters. The van der Waals surface area contributed by atoms with Crippen LogP contribution < -0.4 is 10.6 Å². The van der Waals surface area contributed by atoms with E-state index in [9.17, 15) is 33.3 Å². The van der Waals surface area contributed by atoms with Crippen LogP contribution in [0.1, 0.15) is 35.6 Å². The van der Waals surface area contributed by atoms with E-state index >= 15 is 0 Å². The van der Waals surface area contributed by atoms with Crippen LogP contribution in [0, 0.1) is 21.4 Å². The lowest BCUT2D eigenvalue weighted by Gasteiger charge is -2.40. The average molecular weight is 460 g/mol. The topological polar surface area (TPSA) is 113 Å². The van der Waals surface area contributed by atoms with Gasteiger partial charge in [-0.15, -0.1) is 0 Å². The first-order valence-corrected chi connectivity index (χ1v) is 10.3. The maximum absolute atomic E-state index is 13.7. The number of anilines is 1. The third-order valence-electron chi connectivity index (χ3n) is 5.44. The quantitative estimate of drug-likeness (QED) is 0.511. The molecule has 0 radical (unpaired) electrons. The number of carbonyl (C=O) groups is 1. The Morgan fingerprint density at radius 2 is 1.94 bits per heavy atom. The molecule has 0 fully saturated rings. The van der Waals surface area contributed by atoms with Crippen LogP contribution >= 0.6 is 11.3 Å². The Balaban J connectivity index is 1.99. The minimum atomic E-state index is -4.69. The number of thiophene rings is 1. The number of rotatable bonds is 3. The molecular weight excluding hydrogens is 445 g/mol. The molecule has 1 aliphatic heterocycles. The van der Waals surface area contributed by atoms with Crippen molar-refractivity contribution in [1.82, 2.24) is 0 Å². The van der Waals surface area contributed by atoms with Crippen LogP contribution in [-0.4, -0.2) is 10.7 Å². The van der Waals surface area contributed by atoms with Crippen LogP contribution in [0.4, 0.5) is 23.9 Å². The molecule has 2 aromatic rings. The predicted molar refractivity (Wildman–Crippen MR) is 110 cm³/mol. The number of ketones is 1. The molecule has 0 unspecified atom stereocenters. The number of carbonyl (C=O) groups excluding carboxylic acids is 1. The summed E-state index contributed by atoms with van der Waals surface area (Å²) in [5.41, 5.74) is 5.37. The Morgan fingerprint density at radius 1 is 1.22 bits per heavy atom. The largest absolute Gasteiger partial charge is 0.418 e. The maximum atomic E-state index is 13.7. The van der Waals surface area contributed by atoms with Crippen LogP contribution in [-0.2, 0) is 11.0 Å². The molecule has 2 aliphatic rings. The van der Waals surface area contributed by atoms with Gasteiger partial charge in [0.25, 0.3) is 0 Å². The molecule has 1 aliphatic carbocycles. The van der Waals surface area contributed by atoms with Crippen molar-refractivity contribution >= 4 is 27.8 Å². The Morgan fingerprint density at radius 3 is 2.56 bits per heavy atom. The molecule has 32 heavy (non-hydrogen) atoms. The number of Topliss-reactive ketones (excluding diaryl/α,β-unsaturated/α-hetero) is 1. The lowest BCUT2D eigenvalue weighted by Crippen LogP contribution is -2.39. The Labute approximate surface area is 184 Å². The van der Waals surface area contributed by atoms with E-state index in [1.54, 1.807) is 0 Å². The molecule has 11 heteroatoms. The van der Waals surface area contributed by atoms with Gasteiger partial charge in [0.15, 0.2) is 5.78 Å². The summed E-state index contributed by atoms with van der Waals surface area (Å²) in [5.74, 6) is -1.50. The van der Waals surface area contributed by atoms with Gasteiger partial charge in [0.2, 0.25) is 0 Å². The van der Waals surface area contributed by atoms with Crippen molar-refractivity contribution in [3.05, 3.63) is 79.6 Å². The molecule has 0 saturated heterocycles. The van der Waals surface area contributed by atoms with Gasteiger partial charge in [-0.25, -0.2) is 0 Å². The van der Waals surface area contributed by atoms with Crippen molar-refractivity contribution in [2.75, 3.05) is 4.90 Å². The van der Waals surface area contributed by atoms with Crippen molar-refractivity contribution < 1.29 is 22.9 Å². The van der Waals surface area contributed by atoms with E-state index in [0.717, 1.165) is 22.3 Å². The number of para-hydroxylation sites is 1. The summed E-state index contributed by atoms with van der Waals surface area (Å²) in [5, 5.41) is 20.9. The highest BCUT2D eigenvalue weighted by atomic mass is 32.1. The van der Waals surface area contributed by atoms with Crippen molar-refractivity contribution in [1.29, 1.82) is 5.26 Å². The van der Waals surface area contributed by atoms with E-state index in [1.807, 2.05) is 6.07 Å². The monoisotopic (exact) mass is 460 g/mol. The summed E-state index contributed by atoms with van der Waals surface area (Å²) < 4.78 is 41.2. The molecule has 4 rings (SSSR count). The first kappa shape index (κ1) is 21.6. The van der Waals surface area contributed by atoms with Crippen molar-refractivity contribution in [2.45, 2.75) is 31.4 Å². The zero-order valence-corrected chi connectivity index (χ0v) is 17.2. The number of halogens is 3. The highest BCUT2D eigenvalue weighted by Crippen LogP contribution is 2.50. The molecule has 1 aromatic heterocycles. The number of alkyl halides is 3. The second-order valence-corrected chi connectivity index (χ2v) is 8.36. The van der Waals surface area contributed by atoms with E-state index in [-0.39, 0.29) is 52.0 Å². The number of benzene rings is 1. The molecule has 2 N–H and O–H groups in total. The van der Waals surface area contributed by atoms with Crippen molar-refractivity contribution in [2.24, 2.45) is 5.73 Å². The molecule has 2 heterocycles. The first-order chi connectivity index (χ1) is 15.1. The minimum absolute atomic E-state index is 0.118. The Hall–Kier alpha value is -3.65. The van der Waals surface area contributed by atoms with Gasteiger partial charge in [-0.3, -0.25) is 19.8 Å². The standard InChI is InChI=1S/C21H15F3N4O3S/c22-21(23,24)12-4-1-2-5-13(12)27-14-6-3-7-15(29)19(14)18(11(10-25)20(27)26)16-8-9-17(32-16)28(30)31/h1-2,4-5,8-9,18H,3,6-7,26H2/t18-/m0/s1. The van der Waals surface area contributed by atoms with E-state index in [0.29, 0.717) is 11.3 Å². The van der Waals surface area contributed by atoms with Gasteiger partial charge in [0, 0.05) is 28.6 Å². The van der Waals surface area contributed by atoms with Gasteiger partial charge >= 0.3 is 11.2 Å². The van der Waals surface area contributed by atoms with Gasteiger partial charge in [0.05, 0.1) is 33.7 Å². The molecule has 0 bridgehead atoms. The molecular formula is C21H15F3N4O3S. The molecule has 0 saturated carbocycles. The second kappa shape index (κ2) is 7.80. The normalized spacial score (nSPS) is 19.1. The maximum Gasteiger partial charge on any atom is 0.418 e. The second-order valence-electron chi connectivity index (χ2n) is 7.26. The highest BCUT2D eigenvalue weighted by molar-refractivity contribution is 7.15. The van der Waals surface area contributed by atoms with Crippen LogP contribution in [0.3, 0.4) is 0 Å². The van der Waals surface area contributed by atoms with E-state index < -0.39 is 22.6 Å². The van der Waals surface area contributed by atoms with E-state index in [4.69, 9.17) is 5.73 Å². The molecule has 0 amide bonds. The summed E-state index contributed by atoms with van der Waals surface area (Å²) >= 11 is 0.806. The van der Waals surface area contributed by atoms with Gasteiger partial charge in [-0.05, 0) is 31.0 Å². The number of nitriles is 1. The molecule has 164 valence electrons. The Kier molecular flexibility index (Phi) is 5.26. The number of nitro groups is 1. The lowest BCUT2D eigenvalue weighted by molar-refractivity contribution is -0.380. The summed E-state index contributed by atoms with van der Waals surface area (Å²) in [6.07, 6.45) is -3.84.